The molecule has 56 valence electrons. The third-order valence-electron chi connectivity index (χ3n) is 0.459. The van der Waals surface area contributed by atoms with E-state index in [1.165, 1.54) is 0 Å². The molecule has 0 bridgehead atoms. The van der Waals surface area contributed by atoms with Crippen LogP contribution in [0.1, 0.15) is 0 Å². The maximum Gasteiger partial charge on any atom is 0.373 e. The zero-order valence-corrected chi connectivity index (χ0v) is 5.48. The number of rotatable bonds is 3. The molecule has 0 spiro atoms. The van der Waals surface area contributed by atoms with Gasteiger partial charge in [0.15, 0.2) is 0 Å². The van der Waals surface area contributed by atoms with Gasteiger partial charge in [-0.1, -0.05) is 5.11 Å². The summed E-state index contributed by atoms with van der Waals surface area (Å²) in [5.41, 5.74) is 7.70. The molecule has 0 saturated carbocycles. The van der Waals surface area contributed by atoms with Crippen molar-refractivity contribution in [2.75, 3.05) is 20.3 Å². The number of methoxy groups -OCH3 is 1. The number of azide groups is 1. The van der Waals surface area contributed by atoms with Crippen LogP contribution in [0.2, 0.25) is 0 Å². The van der Waals surface area contributed by atoms with Crippen LogP contribution < -0.4 is 0 Å². The van der Waals surface area contributed by atoms with Crippen molar-refractivity contribution >= 4 is 6.15 Å². The first-order chi connectivity index (χ1) is 4.83. The maximum absolute atomic E-state index is 8.12. The van der Waals surface area contributed by atoms with Crippen LogP contribution in [0.15, 0.2) is 5.11 Å². The highest BCUT2D eigenvalue weighted by Crippen LogP contribution is 1.69. The van der Waals surface area contributed by atoms with Crippen molar-refractivity contribution in [3.63, 3.8) is 0 Å². The van der Waals surface area contributed by atoms with Crippen molar-refractivity contribution in [2.45, 2.75) is 0 Å². The van der Waals surface area contributed by atoms with Gasteiger partial charge in [-0.3, -0.25) is 0 Å². The molecule has 0 amide bonds. The van der Waals surface area contributed by atoms with Gasteiger partial charge in [0.2, 0.25) is 0 Å². The number of nitrogens with zero attached hydrogens (tertiary/aromatic N) is 3. The second kappa shape index (κ2) is 15.6. The zero-order valence-electron chi connectivity index (χ0n) is 5.48. The van der Waals surface area contributed by atoms with E-state index < -0.39 is 0 Å². The lowest BCUT2D eigenvalue weighted by Gasteiger charge is -1.85. The third kappa shape index (κ3) is 30.2. The Hall–Kier alpha value is -1.35. The minimum absolute atomic E-state index is 0.250. The van der Waals surface area contributed by atoms with Gasteiger partial charge < -0.3 is 4.74 Å². The maximum atomic E-state index is 8.12. The molecule has 0 fully saturated rings. The summed E-state index contributed by atoms with van der Waals surface area (Å²) in [6.45, 7) is 0.928. The molecule has 0 aliphatic carbocycles. The van der Waals surface area contributed by atoms with Crippen LogP contribution in [0.5, 0.6) is 0 Å². The van der Waals surface area contributed by atoms with Crippen LogP contribution in [-0.4, -0.2) is 26.4 Å². The molecule has 0 aromatic rings. The third-order valence-corrected chi connectivity index (χ3v) is 0.459. The topological polar surface area (TPSA) is 92.1 Å². The van der Waals surface area contributed by atoms with E-state index in [9.17, 15) is 0 Å². The zero-order chi connectivity index (χ0) is 8.24. The van der Waals surface area contributed by atoms with Crippen LogP contribution >= 0.6 is 0 Å². The van der Waals surface area contributed by atoms with Gasteiger partial charge >= 0.3 is 6.15 Å². The van der Waals surface area contributed by atoms with Gasteiger partial charge in [0.1, 0.15) is 0 Å². The van der Waals surface area contributed by atoms with Crippen LogP contribution in [0.3, 0.4) is 0 Å². The van der Waals surface area contributed by atoms with E-state index >= 15 is 0 Å². The van der Waals surface area contributed by atoms with Crippen molar-refractivity contribution < 1.29 is 14.3 Å². The number of carbonyl (C=O) groups excluding carboxylic acids is 2. The van der Waals surface area contributed by atoms with Crippen molar-refractivity contribution in [2.24, 2.45) is 5.11 Å². The summed E-state index contributed by atoms with van der Waals surface area (Å²) < 4.78 is 4.58. The van der Waals surface area contributed by atoms with Gasteiger partial charge in [0.05, 0.1) is 6.61 Å². The van der Waals surface area contributed by atoms with Gasteiger partial charge in [0, 0.05) is 18.6 Å². The largest absolute Gasteiger partial charge is 0.385 e. The molecule has 6 nitrogen and oxygen atoms in total. The molecule has 0 radical (unpaired) electrons. The number of hydrogen-bond acceptors (Lipinski definition) is 4. The van der Waals surface area contributed by atoms with E-state index in [-0.39, 0.29) is 6.15 Å². The SMILES string of the molecule is COCCN=[N+]=[N-].O=C=O. The molecule has 0 aliphatic rings. The predicted octanol–water partition coefficient (Wildman–Crippen LogP) is 0.360. The van der Waals surface area contributed by atoms with E-state index in [1.54, 1.807) is 7.11 Å². The molecule has 0 aliphatic heterocycles. The molecule has 0 aromatic carbocycles. The fourth-order valence-electron chi connectivity index (χ4n) is 0.177. The van der Waals surface area contributed by atoms with E-state index in [1.807, 2.05) is 0 Å². The van der Waals surface area contributed by atoms with Crippen molar-refractivity contribution in [3.8, 4) is 0 Å². The van der Waals surface area contributed by atoms with Gasteiger partial charge in [-0.15, -0.1) is 0 Å². The second-order valence-corrected chi connectivity index (χ2v) is 1.03. The van der Waals surface area contributed by atoms with Crippen molar-refractivity contribution in [1.82, 2.24) is 0 Å². The van der Waals surface area contributed by atoms with E-state index in [0.29, 0.717) is 13.2 Å². The fourth-order valence-corrected chi connectivity index (χ4v) is 0.177. The second-order valence-electron chi connectivity index (χ2n) is 1.03. The highest BCUT2D eigenvalue weighted by molar-refractivity contribution is 5.20. The van der Waals surface area contributed by atoms with Crippen LogP contribution in [0, 0.1) is 0 Å². The van der Waals surface area contributed by atoms with E-state index in [2.05, 4.69) is 14.8 Å². The Morgan fingerprint density at radius 2 is 2.20 bits per heavy atom. The minimum Gasteiger partial charge on any atom is -0.385 e. The molecule has 0 rings (SSSR count). The first-order valence-electron chi connectivity index (χ1n) is 2.32. The van der Waals surface area contributed by atoms with Crippen LogP contribution in [-0.2, 0) is 14.3 Å². The lowest BCUT2D eigenvalue weighted by Crippen LogP contribution is -1.89. The molecule has 0 N–H and O–H groups in total. The van der Waals surface area contributed by atoms with Crippen LogP contribution in [0.25, 0.3) is 10.4 Å². The number of hydrogen-bond donors (Lipinski definition) is 0. The monoisotopic (exact) mass is 145 g/mol. The smallest absolute Gasteiger partial charge is 0.373 e. The highest BCUT2D eigenvalue weighted by atomic mass is 16.5. The highest BCUT2D eigenvalue weighted by Gasteiger charge is 1.73. The lowest BCUT2D eigenvalue weighted by molar-refractivity contribution is -0.191. The molecule has 6 heteroatoms. The molecule has 0 aromatic heterocycles. The summed E-state index contributed by atoms with van der Waals surface area (Å²) in [7, 11) is 1.56. The summed E-state index contributed by atoms with van der Waals surface area (Å²) in [6, 6.07) is 0. The Bertz CT molecular complexity index is 135. The predicted molar refractivity (Wildman–Crippen MR) is 30.9 cm³/mol. The first kappa shape index (κ1) is 11.4. The summed E-state index contributed by atoms with van der Waals surface area (Å²) in [6.07, 6.45) is 0.250. The van der Waals surface area contributed by atoms with E-state index in [0.717, 1.165) is 0 Å². The first-order valence-corrected chi connectivity index (χ1v) is 2.32. The summed E-state index contributed by atoms with van der Waals surface area (Å²) in [5.74, 6) is 0. The van der Waals surface area contributed by atoms with Gasteiger partial charge in [-0.05, 0) is 5.53 Å². The summed E-state index contributed by atoms with van der Waals surface area (Å²) >= 11 is 0. The van der Waals surface area contributed by atoms with Crippen molar-refractivity contribution in [1.29, 1.82) is 0 Å². The summed E-state index contributed by atoms with van der Waals surface area (Å²) in [4.78, 5) is 18.8. The normalized spacial score (nSPS) is 6.10. The standard InChI is InChI=1S/C3H7N3O.CO2/c1-7-3-2-5-6-4;2-1-3/h2-3H2,1H3;. The van der Waals surface area contributed by atoms with E-state index in [4.69, 9.17) is 15.1 Å². The molecular weight excluding hydrogens is 138 g/mol. The summed E-state index contributed by atoms with van der Waals surface area (Å²) in [5, 5.41) is 3.22. The fraction of sp³-hybridized carbons (Fsp3) is 0.750. The molecule has 10 heavy (non-hydrogen) atoms. The quantitative estimate of drug-likeness (QED) is 0.248. The molecule has 0 saturated heterocycles. The lowest BCUT2D eigenvalue weighted by atomic mass is 10.7. The van der Waals surface area contributed by atoms with Gasteiger partial charge in [-0.25, -0.2) is 0 Å². The van der Waals surface area contributed by atoms with Crippen molar-refractivity contribution in [3.05, 3.63) is 10.4 Å². The molecule has 0 atom stereocenters. The Morgan fingerprint density at radius 3 is 2.50 bits per heavy atom. The van der Waals surface area contributed by atoms with Crippen LogP contribution in [0.4, 0.5) is 0 Å². The number of ether oxygens (including phenoxy) is 1. The molecule has 0 heterocycles. The molecule has 0 unspecified atom stereocenters. The average Bonchev–Trinajstić information content (AvgIpc) is 1.91. The average molecular weight is 145 g/mol. The Morgan fingerprint density at radius 1 is 1.70 bits per heavy atom. The van der Waals surface area contributed by atoms with Gasteiger partial charge in [0.25, 0.3) is 0 Å². The Labute approximate surface area is 57.4 Å². The Kier molecular flexibility index (Phi) is 17.9. The van der Waals surface area contributed by atoms with Gasteiger partial charge in [-0.2, -0.15) is 9.59 Å². The minimum atomic E-state index is 0.250. The Balaban J connectivity index is 0. The molecular formula is C4H7N3O3.